The van der Waals surface area contributed by atoms with Crippen molar-refractivity contribution in [2.24, 2.45) is 0 Å². The smallest absolute Gasteiger partial charge is 0.318 e. The van der Waals surface area contributed by atoms with Crippen LogP contribution in [0.3, 0.4) is 0 Å². The van der Waals surface area contributed by atoms with Gasteiger partial charge in [0.2, 0.25) is 0 Å². The topological polar surface area (TPSA) is 172 Å². The first kappa shape index (κ1) is 48.4. The lowest BCUT2D eigenvalue weighted by molar-refractivity contribution is 0.171. The van der Waals surface area contributed by atoms with Crippen molar-refractivity contribution in [1.29, 1.82) is 0 Å². The molecule has 10 rings (SSSR count). The molecule has 2 aliphatic carbocycles. The molecule has 0 spiro atoms. The lowest BCUT2D eigenvalue weighted by Gasteiger charge is -2.34. The summed E-state index contributed by atoms with van der Waals surface area (Å²) < 4.78 is 85.0. The number of carbonyl (C=O) groups is 2. The molecule has 2 aromatic carbocycles. The SMILES string of the molecule is C[C@@H]1CC[C@H](C)N1C(=O)N[C@H]1CCC[C@@H](Nc2nc(-c3c[nH]c4c(F)cc(F)cc34)ncc2F)C1.C[C@H]1CC[C@H](C)N1C(=O)N[C@H]1CCC[C@@H](Nc2nc(-c3c[nH]c4c(F)cc(F)cc34)ncc2F)C1. The average molecular weight is 973 g/mol. The second kappa shape index (κ2) is 20.4. The Balaban J connectivity index is 0.000000174. The van der Waals surface area contributed by atoms with Crippen LogP contribution in [0.5, 0.6) is 0 Å². The molecule has 372 valence electrons. The van der Waals surface area contributed by atoms with Crippen LogP contribution >= 0.6 is 0 Å². The van der Waals surface area contributed by atoms with Crippen LogP contribution in [0.4, 0.5) is 47.6 Å². The number of nitrogens with one attached hydrogen (secondary N) is 6. The number of H-pyrrole nitrogens is 2. The Morgan fingerprint density at radius 2 is 0.900 bits per heavy atom. The Bertz CT molecular complexity index is 2670. The van der Waals surface area contributed by atoms with E-state index in [1.165, 1.54) is 24.5 Å². The number of halogens is 6. The van der Waals surface area contributed by atoms with Crippen LogP contribution in [-0.4, -0.2) is 100 Å². The number of fused-ring (bicyclic) bond motifs is 2. The molecule has 2 aliphatic heterocycles. The maximum Gasteiger partial charge on any atom is 0.318 e. The third-order valence-electron chi connectivity index (χ3n) is 14.4. The molecule has 6 N–H and O–H groups in total. The number of hydrogen-bond acceptors (Lipinski definition) is 8. The van der Waals surface area contributed by atoms with Gasteiger partial charge in [-0.1, -0.05) is 0 Å². The Labute approximate surface area is 401 Å². The molecule has 14 nitrogen and oxygen atoms in total. The lowest BCUT2D eigenvalue weighted by atomic mass is 9.91. The fourth-order valence-electron chi connectivity index (χ4n) is 10.9. The fraction of sp³-hybridized carbons (Fsp3) is 0.480. The molecule has 0 unspecified atom stereocenters. The van der Waals surface area contributed by atoms with Gasteiger partial charge in [0, 0.05) is 94.8 Å². The van der Waals surface area contributed by atoms with Gasteiger partial charge in [-0.2, -0.15) is 0 Å². The first-order valence-corrected chi connectivity index (χ1v) is 24.3. The first-order valence-electron chi connectivity index (χ1n) is 24.3. The summed E-state index contributed by atoms with van der Waals surface area (Å²) in [5.41, 5.74) is 1.03. The van der Waals surface area contributed by atoms with Crippen LogP contribution in [-0.2, 0) is 0 Å². The third kappa shape index (κ3) is 10.3. The van der Waals surface area contributed by atoms with Crippen LogP contribution in [0, 0.1) is 34.9 Å². The molecule has 2 saturated heterocycles. The number of anilines is 2. The summed E-state index contributed by atoms with van der Waals surface area (Å²) in [6.45, 7) is 8.28. The van der Waals surface area contributed by atoms with Gasteiger partial charge in [-0.3, -0.25) is 0 Å². The minimum Gasteiger partial charge on any atom is -0.365 e. The van der Waals surface area contributed by atoms with Gasteiger partial charge >= 0.3 is 12.1 Å². The Morgan fingerprint density at radius 1 is 0.529 bits per heavy atom. The van der Waals surface area contributed by atoms with Gasteiger partial charge in [-0.15, -0.1) is 0 Å². The van der Waals surface area contributed by atoms with Crippen molar-refractivity contribution >= 4 is 45.5 Å². The molecule has 4 aliphatic rings. The molecule has 4 fully saturated rings. The zero-order valence-electron chi connectivity index (χ0n) is 39.5. The second-order valence-electron chi connectivity index (χ2n) is 19.5. The van der Waals surface area contributed by atoms with Crippen molar-refractivity contribution in [3.63, 3.8) is 0 Å². The van der Waals surface area contributed by atoms with Gasteiger partial charge < -0.3 is 41.0 Å². The maximum absolute atomic E-state index is 14.6. The Morgan fingerprint density at radius 3 is 1.29 bits per heavy atom. The highest BCUT2D eigenvalue weighted by Crippen LogP contribution is 2.33. The van der Waals surface area contributed by atoms with E-state index in [-0.39, 0.29) is 105 Å². The molecule has 8 atom stereocenters. The number of benzene rings is 2. The minimum atomic E-state index is -0.722. The Kier molecular flexibility index (Phi) is 14.1. The zero-order valence-corrected chi connectivity index (χ0v) is 39.5. The number of hydrogen-bond donors (Lipinski definition) is 6. The molecular weight excluding hydrogens is 915 g/mol. The van der Waals surface area contributed by atoms with Crippen molar-refractivity contribution in [1.82, 2.24) is 50.3 Å². The summed E-state index contributed by atoms with van der Waals surface area (Å²) in [7, 11) is 0. The van der Waals surface area contributed by atoms with Crippen LogP contribution in [0.1, 0.15) is 105 Å². The summed E-state index contributed by atoms with van der Waals surface area (Å²) in [6.07, 6.45) is 15.5. The lowest BCUT2D eigenvalue weighted by Crippen LogP contribution is -2.50. The van der Waals surface area contributed by atoms with E-state index < -0.39 is 34.9 Å². The Hall–Kier alpha value is -6.60. The summed E-state index contributed by atoms with van der Waals surface area (Å²) in [5.74, 6) is -3.74. The largest absolute Gasteiger partial charge is 0.365 e. The third-order valence-corrected chi connectivity index (χ3v) is 14.4. The van der Waals surface area contributed by atoms with Gasteiger partial charge in [0.1, 0.15) is 23.3 Å². The van der Waals surface area contributed by atoms with Crippen LogP contribution in [0.2, 0.25) is 0 Å². The van der Waals surface area contributed by atoms with E-state index in [2.05, 4.69) is 78.9 Å². The van der Waals surface area contributed by atoms with E-state index in [1.54, 1.807) is 0 Å². The van der Waals surface area contributed by atoms with Crippen molar-refractivity contribution in [2.75, 3.05) is 10.6 Å². The van der Waals surface area contributed by atoms with E-state index >= 15 is 0 Å². The molecule has 4 aromatic heterocycles. The van der Waals surface area contributed by atoms with Gasteiger partial charge in [-0.05, 0) is 117 Å². The van der Waals surface area contributed by atoms with Crippen LogP contribution < -0.4 is 21.3 Å². The highest BCUT2D eigenvalue weighted by atomic mass is 19.2. The van der Waals surface area contributed by atoms with E-state index in [0.717, 1.165) is 88.7 Å². The van der Waals surface area contributed by atoms with Crippen molar-refractivity contribution in [2.45, 2.75) is 153 Å². The molecule has 0 bridgehead atoms. The molecule has 20 heteroatoms. The van der Waals surface area contributed by atoms with Crippen LogP contribution in [0.15, 0.2) is 49.1 Å². The van der Waals surface area contributed by atoms with Gasteiger partial charge in [0.05, 0.1) is 23.4 Å². The van der Waals surface area contributed by atoms with Gasteiger partial charge in [0.15, 0.2) is 34.9 Å². The number of likely N-dealkylation sites (tertiary alicyclic amines) is 2. The fourth-order valence-corrected chi connectivity index (χ4v) is 10.9. The average Bonchev–Trinajstić information content (AvgIpc) is 4.11. The van der Waals surface area contributed by atoms with Gasteiger partial charge in [0.25, 0.3) is 0 Å². The number of aromatic nitrogens is 6. The van der Waals surface area contributed by atoms with Gasteiger partial charge in [-0.25, -0.2) is 55.9 Å². The highest BCUT2D eigenvalue weighted by Gasteiger charge is 2.35. The molecular formula is C50H58F6N12O2. The highest BCUT2D eigenvalue weighted by molar-refractivity contribution is 5.95. The van der Waals surface area contributed by atoms with E-state index in [0.29, 0.717) is 24.0 Å². The number of rotatable bonds is 8. The van der Waals surface area contributed by atoms with Crippen molar-refractivity contribution in [3.8, 4) is 22.8 Å². The van der Waals surface area contributed by atoms with Crippen molar-refractivity contribution < 1.29 is 35.9 Å². The summed E-state index contributed by atoms with van der Waals surface area (Å²) in [6, 6.07) is 4.60. The summed E-state index contributed by atoms with van der Waals surface area (Å²) in [5, 5.41) is 13.2. The molecule has 0 radical (unpaired) electrons. The predicted octanol–water partition coefficient (Wildman–Crippen LogP) is 10.7. The maximum atomic E-state index is 14.6. The minimum absolute atomic E-state index is 0.0160. The molecule has 6 aromatic rings. The van der Waals surface area contributed by atoms with E-state index in [9.17, 15) is 35.9 Å². The first-order chi connectivity index (χ1) is 33.6. The molecule has 70 heavy (non-hydrogen) atoms. The van der Waals surface area contributed by atoms with E-state index in [1.807, 2.05) is 9.80 Å². The molecule has 4 amide bonds. The number of carbonyl (C=O) groups excluding carboxylic acids is 2. The van der Waals surface area contributed by atoms with E-state index in [4.69, 9.17) is 0 Å². The summed E-state index contributed by atoms with van der Waals surface area (Å²) in [4.78, 5) is 51.8. The zero-order chi connectivity index (χ0) is 49.4. The van der Waals surface area contributed by atoms with Crippen LogP contribution in [0.25, 0.3) is 44.6 Å². The molecule has 6 heterocycles. The standard InChI is InChI=1S/2C25H29F3N6O/c2*1-13-6-7-14(2)34(13)25(35)32-17-5-3-4-16(10-17)31-24-21(28)12-30-23(33-24)19-11-29-22-18(19)8-15(26)9-20(22)27/h2*8-9,11-14,16-17,29H,3-7,10H2,1-2H3,(H,32,35)(H,30,31,33)/t13-,14+,16-,17+;13-,14-,16+,17-/m10/s1. The monoisotopic (exact) mass is 972 g/mol. The normalized spacial score (nSPS) is 24.7. The molecule has 2 saturated carbocycles. The number of nitrogens with zero attached hydrogens (tertiary/aromatic N) is 6. The number of urea groups is 2. The number of aromatic amines is 2. The second-order valence-corrected chi connectivity index (χ2v) is 19.5. The summed E-state index contributed by atoms with van der Waals surface area (Å²) >= 11 is 0. The predicted molar refractivity (Wildman–Crippen MR) is 255 cm³/mol. The number of amides is 4. The van der Waals surface area contributed by atoms with Crippen molar-refractivity contribution in [3.05, 3.63) is 84.0 Å². The quantitative estimate of drug-likeness (QED) is 0.0818.